The Kier molecular flexibility index (Phi) is 3.47. The lowest BCUT2D eigenvalue weighted by Gasteiger charge is -2.15. The minimum atomic E-state index is -0.333. The summed E-state index contributed by atoms with van der Waals surface area (Å²) in [5, 5.41) is 9.74. The molecule has 0 aromatic carbocycles. The van der Waals surface area contributed by atoms with Crippen molar-refractivity contribution in [2.75, 3.05) is 0 Å². The van der Waals surface area contributed by atoms with Crippen LogP contribution in [0, 0.1) is 0 Å². The second-order valence-corrected chi connectivity index (χ2v) is 3.88. The lowest BCUT2D eigenvalue weighted by Crippen LogP contribution is -2.11. The van der Waals surface area contributed by atoms with E-state index in [1.807, 2.05) is 31.2 Å². The molecular weight excluding hydrogens is 204 g/mol. The normalized spacial score (nSPS) is 13.2. The molecule has 16 heavy (non-hydrogen) atoms. The molecule has 1 N–H and O–H groups in total. The van der Waals surface area contributed by atoms with Gasteiger partial charge in [0.1, 0.15) is 11.5 Å². The van der Waals surface area contributed by atoms with Crippen LogP contribution in [0.4, 0.5) is 0 Å². The average Bonchev–Trinajstić information content (AvgIpc) is 2.97. The molecule has 3 heteroatoms. The predicted molar refractivity (Wildman–Crippen MR) is 60.2 cm³/mol. The average molecular weight is 220 g/mol. The molecule has 0 spiro atoms. The molecular formula is C13H16O3. The highest BCUT2D eigenvalue weighted by Gasteiger charge is 2.22. The molecule has 0 bridgehead atoms. The first-order valence-corrected chi connectivity index (χ1v) is 5.56. The van der Waals surface area contributed by atoms with Crippen molar-refractivity contribution in [3.63, 3.8) is 0 Å². The highest BCUT2D eigenvalue weighted by Crippen LogP contribution is 2.30. The number of hydrogen-bond donors (Lipinski definition) is 1. The number of aliphatic hydroxyl groups is 1. The molecule has 0 amide bonds. The fraction of sp³-hybridized carbons (Fsp3) is 0.385. The van der Waals surface area contributed by atoms with Crippen molar-refractivity contribution in [1.82, 2.24) is 0 Å². The molecule has 0 saturated carbocycles. The van der Waals surface area contributed by atoms with Crippen LogP contribution in [0.25, 0.3) is 0 Å². The second kappa shape index (κ2) is 5.03. The number of hydrogen-bond acceptors (Lipinski definition) is 3. The SMILES string of the molecule is CCC(O)CC(c1ccco1)c1ccco1. The highest BCUT2D eigenvalue weighted by molar-refractivity contribution is 5.19. The summed E-state index contributed by atoms with van der Waals surface area (Å²) < 4.78 is 10.8. The molecule has 0 radical (unpaired) electrons. The lowest BCUT2D eigenvalue weighted by molar-refractivity contribution is 0.148. The van der Waals surface area contributed by atoms with Gasteiger partial charge in [-0.3, -0.25) is 0 Å². The maximum atomic E-state index is 9.74. The zero-order valence-corrected chi connectivity index (χ0v) is 9.30. The van der Waals surface area contributed by atoms with Gasteiger partial charge >= 0.3 is 0 Å². The first-order valence-electron chi connectivity index (χ1n) is 5.56. The summed E-state index contributed by atoms with van der Waals surface area (Å²) in [5.74, 6) is 1.67. The Hall–Kier alpha value is -1.48. The molecule has 2 rings (SSSR count). The Labute approximate surface area is 94.7 Å². The maximum Gasteiger partial charge on any atom is 0.114 e. The molecule has 1 unspecified atom stereocenters. The van der Waals surface area contributed by atoms with Crippen molar-refractivity contribution >= 4 is 0 Å². The fourth-order valence-electron chi connectivity index (χ4n) is 1.79. The van der Waals surface area contributed by atoms with Crippen molar-refractivity contribution in [3.8, 4) is 0 Å². The number of aliphatic hydroxyl groups excluding tert-OH is 1. The minimum absolute atomic E-state index is 0.0000463. The summed E-state index contributed by atoms with van der Waals surface area (Å²) in [6, 6.07) is 7.53. The topological polar surface area (TPSA) is 46.5 Å². The molecule has 2 aromatic heterocycles. The quantitative estimate of drug-likeness (QED) is 0.841. The van der Waals surface area contributed by atoms with E-state index < -0.39 is 0 Å². The van der Waals surface area contributed by atoms with Crippen molar-refractivity contribution in [3.05, 3.63) is 48.3 Å². The Morgan fingerprint density at radius 2 is 1.69 bits per heavy atom. The van der Waals surface area contributed by atoms with Crippen LogP contribution in [0.2, 0.25) is 0 Å². The van der Waals surface area contributed by atoms with Gasteiger partial charge < -0.3 is 13.9 Å². The summed E-state index contributed by atoms with van der Waals surface area (Å²) in [6.45, 7) is 1.96. The van der Waals surface area contributed by atoms with E-state index in [1.165, 1.54) is 0 Å². The maximum absolute atomic E-state index is 9.74. The first kappa shape index (κ1) is 11.0. The largest absolute Gasteiger partial charge is 0.469 e. The number of furan rings is 2. The molecule has 0 aliphatic rings. The van der Waals surface area contributed by atoms with Gasteiger partial charge in [0, 0.05) is 0 Å². The standard InChI is InChI=1S/C13H16O3/c1-2-10(14)9-11(12-5-3-7-15-12)13-6-4-8-16-13/h3-8,10-11,14H,2,9H2,1H3. The zero-order valence-electron chi connectivity index (χ0n) is 9.30. The Morgan fingerprint density at radius 1 is 1.12 bits per heavy atom. The van der Waals surface area contributed by atoms with Gasteiger partial charge in [0.05, 0.1) is 24.5 Å². The van der Waals surface area contributed by atoms with E-state index in [2.05, 4.69) is 0 Å². The van der Waals surface area contributed by atoms with Crippen LogP contribution in [-0.2, 0) is 0 Å². The monoisotopic (exact) mass is 220 g/mol. The summed E-state index contributed by atoms with van der Waals surface area (Å²) in [4.78, 5) is 0. The van der Waals surface area contributed by atoms with E-state index in [0.717, 1.165) is 17.9 Å². The molecule has 1 atom stereocenters. The third-order valence-electron chi connectivity index (χ3n) is 2.75. The van der Waals surface area contributed by atoms with Gasteiger partial charge in [0.2, 0.25) is 0 Å². The van der Waals surface area contributed by atoms with E-state index in [1.54, 1.807) is 12.5 Å². The Balaban J connectivity index is 2.20. The Morgan fingerprint density at radius 3 is 2.06 bits per heavy atom. The van der Waals surface area contributed by atoms with Gasteiger partial charge in [-0.15, -0.1) is 0 Å². The fourth-order valence-corrected chi connectivity index (χ4v) is 1.79. The van der Waals surface area contributed by atoms with Crippen LogP contribution in [0.5, 0.6) is 0 Å². The molecule has 0 saturated heterocycles. The predicted octanol–water partition coefficient (Wildman–Crippen LogP) is 3.17. The van der Waals surface area contributed by atoms with Crippen LogP contribution < -0.4 is 0 Å². The molecule has 2 aromatic rings. The van der Waals surface area contributed by atoms with Crippen molar-refractivity contribution in [2.45, 2.75) is 31.8 Å². The molecule has 86 valence electrons. The lowest BCUT2D eigenvalue weighted by atomic mass is 9.95. The summed E-state index contributed by atoms with van der Waals surface area (Å²) in [7, 11) is 0. The zero-order chi connectivity index (χ0) is 11.4. The summed E-state index contributed by atoms with van der Waals surface area (Å²) in [6.07, 6.45) is 4.31. The van der Waals surface area contributed by atoms with E-state index in [9.17, 15) is 5.11 Å². The summed E-state index contributed by atoms with van der Waals surface area (Å²) >= 11 is 0. The van der Waals surface area contributed by atoms with Crippen molar-refractivity contribution < 1.29 is 13.9 Å². The van der Waals surface area contributed by atoms with Gasteiger partial charge in [0.15, 0.2) is 0 Å². The highest BCUT2D eigenvalue weighted by atomic mass is 16.3. The number of rotatable bonds is 5. The third-order valence-corrected chi connectivity index (χ3v) is 2.75. The summed E-state index contributed by atoms with van der Waals surface area (Å²) in [5.41, 5.74) is 0. The third kappa shape index (κ3) is 2.36. The van der Waals surface area contributed by atoms with Crippen LogP contribution >= 0.6 is 0 Å². The molecule has 0 aliphatic carbocycles. The minimum Gasteiger partial charge on any atom is -0.469 e. The van der Waals surface area contributed by atoms with Crippen molar-refractivity contribution in [2.24, 2.45) is 0 Å². The van der Waals surface area contributed by atoms with Gasteiger partial charge in [0.25, 0.3) is 0 Å². The van der Waals surface area contributed by atoms with Gasteiger partial charge in [-0.05, 0) is 37.1 Å². The molecule has 0 aliphatic heterocycles. The first-order chi connectivity index (χ1) is 7.81. The van der Waals surface area contributed by atoms with Gasteiger partial charge in [-0.1, -0.05) is 6.92 Å². The van der Waals surface area contributed by atoms with Gasteiger partial charge in [-0.2, -0.15) is 0 Å². The van der Waals surface area contributed by atoms with Crippen LogP contribution in [0.1, 0.15) is 37.2 Å². The van der Waals surface area contributed by atoms with E-state index in [4.69, 9.17) is 8.83 Å². The van der Waals surface area contributed by atoms with Crippen LogP contribution in [-0.4, -0.2) is 11.2 Å². The van der Waals surface area contributed by atoms with Crippen molar-refractivity contribution in [1.29, 1.82) is 0 Å². The molecule has 3 nitrogen and oxygen atoms in total. The van der Waals surface area contributed by atoms with Gasteiger partial charge in [-0.25, -0.2) is 0 Å². The van der Waals surface area contributed by atoms with E-state index >= 15 is 0 Å². The molecule has 2 heterocycles. The van der Waals surface area contributed by atoms with Crippen LogP contribution in [0.15, 0.2) is 45.6 Å². The molecule has 0 fully saturated rings. The smallest absolute Gasteiger partial charge is 0.114 e. The van der Waals surface area contributed by atoms with Crippen LogP contribution in [0.3, 0.4) is 0 Å². The second-order valence-electron chi connectivity index (χ2n) is 3.88. The van der Waals surface area contributed by atoms with E-state index in [-0.39, 0.29) is 12.0 Å². The van der Waals surface area contributed by atoms with E-state index in [0.29, 0.717) is 6.42 Å². The Bertz CT molecular complexity index is 355.